The average molecular weight is 351 g/mol. The number of carbonyl (C=O) groups excluding carboxylic acids is 1. The summed E-state index contributed by atoms with van der Waals surface area (Å²) in [4.78, 5) is 17.2. The number of pyridine rings is 1. The number of hydrogen-bond acceptors (Lipinski definition) is 5. The van der Waals surface area contributed by atoms with E-state index < -0.39 is 0 Å². The lowest BCUT2D eigenvalue weighted by atomic mass is 10.0. The first kappa shape index (κ1) is 17.7. The van der Waals surface area contributed by atoms with Gasteiger partial charge in [-0.3, -0.25) is 0 Å². The minimum absolute atomic E-state index is 0.341. The second kappa shape index (κ2) is 7.87. The Morgan fingerprint density at radius 2 is 1.77 bits per heavy atom. The topological polar surface area (TPSA) is 57.7 Å². The zero-order valence-corrected chi connectivity index (χ0v) is 15.1. The number of fused-ring (bicyclic) bond motifs is 1. The summed E-state index contributed by atoms with van der Waals surface area (Å²) in [7, 11) is 3.18. The third-order valence-electron chi connectivity index (χ3n) is 4.05. The standard InChI is InChI=1S/C21H21NO4/c1-4-11-26-21(23)16-13-18(22-17-8-6-5-7-15(16)17)14-9-10-19(24-2)20(12-14)25-3/h5-10,12-13H,4,11H2,1-3H3. The third-order valence-corrected chi connectivity index (χ3v) is 4.05. The van der Waals surface area contributed by atoms with Crippen molar-refractivity contribution in [3.8, 4) is 22.8 Å². The zero-order valence-electron chi connectivity index (χ0n) is 15.1. The Bertz CT molecular complexity index is 936. The van der Waals surface area contributed by atoms with Crippen molar-refractivity contribution in [1.29, 1.82) is 0 Å². The minimum Gasteiger partial charge on any atom is -0.493 e. The van der Waals surface area contributed by atoms with Crippen LogP contribution in [0.25, 0.3) is 22.2 Å². The Kier molecular flexibility index (Phi) is 5.37. The molecule has 0 saturated carbocycles. The maximum absolute atomic E-state index is 12.5. The van der Waals surface area contributed by atoms with Crippen molar-refractivity contribution in [3.63, 3.8) is 0 Å². The summed E-state index contributed by atoms with van der Waals surface area (Å²) in [5.41, 5.74) is 2.75. The molecule has 0 saturated heterocycles. The summed E-state index contributed by atoms with van der Waals surface area (Å²) in [5.74, 6) is 0.905. The van der Waals surface area contributed by atoms with Gasteiger partial charge in [-0.15, -0.1) is 0 Å². The molecule has 0 unspecified atom stereocenters. The number of methoxy groups -OCH3 is 2. The summed E-state index contributed by atoms with van der Waals surface area (Å²) in [6.07, 6.45) is 0.775. The van der Waals surface area contributed by atoms with E-state index in [-0.39, 0.29) is 5.97 Å². The van der Waals surface area contributed by atoms with Gasteiger partial charge in [0.2, 0.25) is 0 Å². The lowest BCUT2D eigenvalue weighted by molar-refractivity contribution is 0.0507. The monoisotopic (exact) mass is 351 g/mol. The van der Waals surface area contributed by atoms with Gasteiger partial charge < -0.3 is 14.2 Å². The maximum atomic E-state index is 12.5. The highest BCUT2D eigenvalue weighted by Crippen LogP contribution is 2.33. The molecule has 0 radical (unpaired) electrons. The SMILES string of the molecule is CCCOC(=O)c1cc(-c2ccc(OC)c(OC)c2)nc2ccccc12. The van der Waals surface area contributed by atoms with Gasteiger partial charge in [0.15, 0.2) is 11.5 Å². The number of hydrogen-bond donors (Lipinski definition) is 0. The summed E-state index contributed by atoms with van der Waals surface area (Å²) < 4.78 is 16.0. The van der Waals surface area contributed by atoms with Crippen molar-refractivity contribution in [2.24, 2.45) is 0 Å². The first-order valence-corrected chi connectivity index (χ1v) is 8.47. The van der Waals surface area contributed by atoms with Crippen LogP contribution in [0.15, 0.2) is 48.5 Å². The van der Waals surface area contributed by atoms with Crippen LogP contribution in [0.5, 0.6) is 11.5 Å². The van der Waals surface area contributed by atoms with E-state index in [2.05, 4.69) is 0 Å². The fourth-order valence-corrected chi connectivity index (χ4v) is 2.76. The first-order valence-electron chi connectivity index (χ1n) is 8.47. The molecule has 0 N–H and O–H groups in total. The van der Waals surface area contributed by atoms with Crippen LogP contribution in [-0.4, -0.2) is 31.8 Å². The fourth-order valence-electron chi connectivity index (χ4n) is 2.76. The van der Waals surface area contributed by atoms with Crippen LogP contribution in [0.2, 0.25) is 0 Å². The van der Waals surface area contributed by atoms with E-state index in [0.717, 1.165) is 22.9 Å². The van der Waals surface area contributed by atoms with Crippen molar-refractivity contribution >= 4 is 16.9 Å². The molecule has 0 amide bonds. The lowest BCUT2D eigenvalue weighted by Crippen LogP contribution is -2.07. The third kappa shape index (κ3) is 3.47. The fraction of sp³-hybridized carbons (Fsp3) is 0.238. The molecule has 5 heteroatoms. The van der Waals surface area contributed by atoms with Gasteiger partial charge in [0.1, 0.15) is 0 Å². The molecule has 26 heavy (non-hydrogen) atoms. The van der Waals surface area contributed by atoms with Gasteiger partial charge >= 0.3 is 5.97 Å². The molecule has 2 aromatic carbocycles. The van der Waals surface area contributed by atoms with Crippen molar-refractivity contribution in [2.75, 3.05) is 20.8 Å². The Labute approximate surface area is 152 Å². The van der Waals surface area contributed by atoms with Crippen LogP contribution < -0.4 is 9.47 Å². The summed E-state index contributed by atoms with van der Waals surface area (Å²) >= 11 is 0. The second-order valence-corrected chi connectivity index (χ2v) is 5.78. The lowest BCUT2D eigenvalue weighted by Gasteiger charge is -2.12. The van der Waals surface area contributed by atoms with Gasteiger partial charge in [0, 0.05) is 10.9 Å². The van der Waals surface area contributed by atoms with E-state index in [1.807, 2.05) is 49.4 Å². The average Bonchev–Trinajstić information content (AvgIpc) is 2.70. The van der Waals surface area contributed by atoms with Crippen LogP contribution >= 0.6 is 0 Å². The van der Waals surface area contributed by atoms with Crippen molar-refractivity contribution < 1.29 is 19.0 Å². The molecular weight excluding hydrogens is 330 g/mol. The molecule has 0 bridgehead atoms. The van der Waals surface area contributed by atoms with Crippen molar-refractivity contribution in [1.82, 2.24) is 4.98 Å². The summed E-state index contributed by atoms with van der Waals surface area (Å²) in [6, 6.07) is 14.9. The molecule has 1 aromatic heterocycles. The number of ether oxygens (including phenoxy) is 3. The van der Waals surface area contributed by atoms with Gasteiger partial charge in [0.25, 0.3) is 0 Å². The van der Waals surface area contributed by atoms with E-state index in [1.165, 1.54) is 0 Å². The van der Waals surface area contributed by atoms with E-state index in [0.29, 0.717) is 29.4 Å². The molecule has 3 rings (SSSR count). The Morgan fingerprint density at radius 1 is 1.00 bits per heavy atom. The number of esters is 1. The molecule has 0 fully saturated rings. The quantitative estimate of drug-likeness (QED) is 0.613. The van der Waals surface area contributed by atoms with Gasteiger partial charge in [-0.1, -0.05) is 25.1 Å². The van der Waals surface area contributed by atoms with E-state index >= 15 is 0 Å². The number of aromatic nitrogens is 1. The minimum atomic E-state index is -0.341. The van der Waals surface area contributed by atoms with E-state index in [9.17, 15) is 4.79 Å². The molecule has 0 aliphatic carbocycles. The predicted molar refractivity (Wildman–Crippen MR) is 101 cm³/mol. The highest BCUT2D eigenvalue weighted by atomic mass is 16.5. The van der Waals surface area contributed by atoms with Crippen molar-refractivity contribution in [2.45, 2.75) is 13.3 Å². The molecular formula is C21H21NO4. The Morgan fingerprint density at radius 3 is 2.50 bits per heavy atom. The molecule has 134 valence electrons. The van der Waals surface area contributed by atoms with E-state index in [1.54, 1.807) is 20.3 Å². The molecule has 0 aliphatic rings. The molecule has 3 aromatic rings. The van der Waals surface area contributed by atoms with Crippen LogP contribution in [0.3, 0.4) is 0 Å². The molecule has 5 nitrogen and oxygen atoms in total. The van der Waals surface area contributed by atoms with Gasteiger partial charge in [0.05, 0.1) is 37.6 Å². The second-order valence-electron chi connectivity index (χ2n) is 5.78. The smallest absolute Gasteiger partial charge is 0.338 e. The number of benzene rings is 2. The van der Waals surface area contributed by atoms with Gasteiger partial charge in [-0.25, -0.2) is 9.78 Å². The van der Waals surface area contributed by atoms with Crippen LogP contribution in [0.1, 0.15) is 23.7 Å². The highest BCUT2D eigenvalue weighted by molar-refractivity contribution is 6.04. The number of carbonyl (C=O) groups is 1. The number of rotatable bonds is 6. The number of para-hydroxylation sites is 1. The normalized spacial score (nSPS) is 10.6. The maximum Gasteiger partial charge on any atom is 0.338 e. The van der Waals surface area contributed by atoms with Crippen molar-refractivity contribution in [3.05, 3.63) is 54.1 Å². The Hall–Kier alpha value is -3.08. The predicted octanol–water partition coefficient (Wildman–Crippen LogP) is 4.49. The molecule has 1 heterocycles. The van der Waals surface area contributed by atoms with Gasteiger partial charge in [-0.2, -0.15) is 0 Å². The van der Waals surface area contributed by atoms with Crippen LogP contribution in [-0.2, 0) is 4.74 Å². The molecule has 0 spiro atoms. The van der Waals surface area contributed by atoms with E-state index in [4.69, 9.17) is 19.2 Å². The van der Waals surface area contributed by atoms with Crippen LogP contribution in [0, 0.1) is 0 Å². The first-order chi connectivity index (χ1) is 12.7. The largest absolute Gasteiger partial charge is 0.493 e. The number of nitrogens with zero attached hydrogens (tertiary/aromatic N) is 1. The molecule has 0 atom stereocenters. The van der Waals surface area contributed by atoms with Gasteiger partial charge in [-0.05, 0) is 36.8 Å². The Balaban J connectivity index is 2.14. The summed E-state index contributed by atoms with van der Waals surface area (Å²) in [6.45, 7) is 2.36. The van der Waals surface area contributed by atoms with Crippen LogP contribution in [0.4, 0.5) is 0 Å². The molecule has 0 aliphatic heterocycles. The highest BCUT2D eigenvalue weighted by Gasteiger charge is 2.16. The zero-order chi connectivity index (χ0) is 18.5. The summed E-state index contributed by atoms with van der Waals surface area (Å²) in [5, 5.41) is 0.776.